The van der Waals surface area contributed by atoms with Crippen LogP contribution in [-0.2, 0) is 6.54 Å². The van der Waals surface area contributed by atoms with Gasteiger partial charge in [0.1, 0.15) is 6.54 Å². The van der Waals surface area contributed by atoms with Crippen molar-refractivity contribution >= 4 is 11.8 Å². The molecule has 0 fully saturated rings. The molecule has 2 nitrogen and oxygen atoms in total. The Morgan fingerprint density at radius 2 is 2.08 bits per heavy atom. The molecule has 0 radical (unpaired) electrons. The van der Waals surface area contributed by atoms with Gasteiger partial charge in [-0.15, -0.1) is 0 Å². The van der Waals surface area contributed by atoms with Crippen LogP contribution in [0, 0.1) is 0 Å². The van der Waals surface area contributed by atoms with Gasteiger partial charge in [0.15, 0.2) is 0 Å². The zero-order valence-corrected chi connectivity index (χ0v) is 7.15. The van der Waals surface area contributed by atoms with Gasteiger partial charge in [-0.2, -0.15) is 13.9 Å². The predicted octanol–water partition coefficient (Wildman–Crippen LogP) is 2.46. The molecule has 0 amide bonds. The van der Waals surface area contributed by atoms with E-state index in [0.717, 1.165) is 4.68 Å². The summed E-state index contributed by atoms with van der Waals surface area (Å²) in [5, 5.41) is 3.54. The molecule has 0 saturated heterocycles. The van der Waals surface area contributed by atoms with E-state index in [0.29, 0.717) is 0 Å². The van der Waals surface area contributed by atoms with E-state index in [9.17, 15) is 17.6 Å². The minimum atomic E-state index is -2.62. The highest BCUT2D eigenvalue weighted by Crippen LogP contribution is 2.24. The summed E-state index contributed by atoms with van der Waals surface area (Å²) in [6.07, 6.45) is -1.37. The second kappa shape index (κ2) is 4.50. The van der Waals surface area contributed by atoms with E-state index in [1.54, 1.807) is 0 Å². The van der Waals surface area contributed by atoms with Crippen molar-refractivity contribution in [3.05, 3.63) is 12.3 Å². The maximum Gasteiger partial charge on any atom is 0.290 e. The smallest absolute Gasteiger partial charge is 0.253 e. The Hall–Kier alpha value is -0.720. The van der Waals surface area contributed by atoms with Crippen molar-refractivity contribution in [1.29, 1.82) is 0 Å². The molecule has 1 aromatic heterocycles. The zero-order valence-electron chi connectivity index (χ0n) is 6.33. The zero-order chi connectivity index (χ0) is 9.84. The molecule has 0 atom stereocenters. The highest BCUT2D eigenvalue weighted by atomic mass is 32.2. The first kappa shape index (κ1) is 10.4. The number of hydrogen-bond acceptors (Lipinski definition) is 2. The molecule has 0 bridgehead atoms. The highest BCUT2D eigenvalue weighted by Gasteiger charge is 2.13. The fraction of sp³-hybridized carbons (Fsp3) is 0.500. The molecule has 0 aromatic carbocycles. The molecule has 0 saturated carbocycles. The third-order valence-corrected chi connectivity index (χ3v) is 1.96. The molecular formula is C6H6F4N2S. The Morgan fingerprint density at radius 1 is 1.38 bits per heavy atom. The molecule has 1 rings (SSSR count). The first-order valence-corrected chi connectivity index (χ1v) is 4.22. The fourth-order valence-corrected chi connectivity index (χ4v) is 1.35. The molecule has 74 valence electrons. The van der Waals surface area contributed by atoms with Crippen LogP contribution in [0.2, 0.25) is 0 Å². The van der Waals surface area contributed by atoms with Crippen LogP contribution in [0.3, 0.4) is 0 Å². The van der Waals surface area contributed by atoms with E-state index < -0.39 is 18.7 Å². The van der Waals surface area contributed by atoms with Gasteiger partial charge in [-0.05, 0) is 17.8 Å². The van der Waals surface area contributed by atoms with Gasteiger partial charge in [0.25, 0.3) is 12.2 Å². The molecule has 7 heteroatoms. The van der Waals surface area contributed by atoms with Crippen molar-refractivity contribution in [3.8, 4) is 0 Å². The number of rotatable bonds is 4. The summed E-state index contributed by atoms with van der Waals surface area (Å²) in [5.41, 5.74) is 0. The molecule has 0 aliphatic heterocycles. The van der Waals surface area contributed by atoms with Crippen molar-refractivity contribution < 1.29 is 17.6 Å². The number of hydrogen-bond donors (Lipinski definition) is 0. The second-order valence-electron chi connectivity index (χ2n) is 2.12. The van der Waals surface area contributed by atoms with Crippen LogP contribution in [0.25, 0.3) is 0 Å². The molecule has 0 N–H and O–H groups in total. The van der Waals surface area contributed by atoms with E-state index >= 15 is 0 Å². The first-order valence-electron chi connectivity index (χ1n) is 3.34. The summed E-state index contributed by atoms with van der Waals surface area (Å²) in [6, 6.07) is 1.28. The quantitative estimate of drug-likeness (QED) is 0.566. The van der Waals surface area contributed by atoms with Crippen molar-refractivity contribution in [2.45, 2.75) is 23.8 Å². The average Bonchev–Trinajstić information content (AvgIpc) is 2.34. The third kappa shape index (κ3) is 3.25. The van der Waals surface area contributed by atoms with Gasteiger partial charge < -0.3 is 0 Å². The summed E-state index contributed by atoms with van der Waals surface area (Å²) < 4.78 is 48.3. The number of nitrogens with zero attached hydrogens (tertiary/aromatic N) is 2. The Bertz CT molecular complexity index is 238. The largest absolute Gasteiger partial charge is 0.290 e. The molecule has 0 aliphatic carbocycles. The monoisotopic (exact) mass is 214 g/mol. The van der Waals surface area contributed by atoms with Crippen molar-refractivity contribution in [1.82, 2.24) is 9.78 Å². The normalized spacial score (nSPS) is 11.5. The van der Waals surface area contributed by atoms with Gasteiger partial charge in [0, 0.05) is 0 Å². The average molecular weight is 214 g/mol. The maximum atomic E-state index is 11.9. The minimum Gasteiger partial charge on any atom is -0.253 e. The van der Waals surface area contributed by atoms with Gasteiger partial charge in [0.2, 0.25) is 0 Å². The lowest BCUT2D eigenvalue weighted by molar-refractivity contribution is 0.118. The molecule has 1 aromatic rings. The van der Waals surface area contributed by atoms with Crippen LogP contribution < -0.4 is 0 Å². The maximum absolute atomic E-state index is 11.9. The van der Waals surface area contributed by atoms with Crippen LogP contribution in [0.15, 0.2) is 17.3 Å². The number of aromatic nitrogens is 2. The predicted molar refractivity (Wildman–Crippen MR) is 40.1 cm³/mol. The van der Waals surface area contributed by atoms with Crippen molar-refractivity contribution in [2.75, 3.05) is 0 Å². The molecular weight excluding hydrogens is 208 g/mol. The molecule has 13 heavy (non-hydrogen) atoms. The van der Waals surface area contributed by atoms with Crippen molar-refractivity contribution in [2.24, 2.45) is 0 Å². The molecule has 1 heterocycles. The van der Waals surface area contributed by atoms with E-state index in [2.05, 4.69) is 5.10 Å². The Kier molecular flexibility index (Phi) is 3.58. The fourth-order valence-electron chi connectivity index (χ4n) is 0.780. The van der Waals surface area contributed by atoms with Gasteiger partial charge in [-0.1, -0.05) is 0 Å². The minimum absolute atomic E-state index is 0.0512. The summed E-state index contributed by atoms with van der Waals surface area (Å²) in [4.78, 5) is 0. The van der Waals surface area contributed by atoms with Gasteiger partial charge in [0.05, 0.1) is 11.2 Å². The third-order valence-electron chi connectivity index (χ3n) is 1.20. The number of alkyl halides is 4. The summed E-state index contributed by atoms with van der Waals surface area (Å²) in [5.74, 6) is -2.62. The molecule has 0 unspecified atom stereocenters. The van der Waals surface area contributed by atoms with Gasteiger partial charge in [-0.3, -0.25) is 4.68 Å². The van der Waals surface area contributed by atoms with E-state index in [1.807, 2.05) is 0 Å². The van der Waals surface area contributed by atoms with Crippen LogP contribution in [-0.4, -0.2) is 22.0 Å². The van der Waals surface area contributed by atoms with Crippen LogP contribution in [0.5, 0.6) is 0 Å². The first-order chi connectivity index (χ1) is 6.09. The van der Waals surface area contributed by atoms with Crippen LogP contribution in [0.1, 0.15) is 0 Å². The Labute approximate surface area is 75.9 Å². The summed E-state index contributed by atoms with van der Waals surface area (Å²) in [6.45, 7) is -0.651. The van der Waals surface area contributed by atoms with Crippen LogP contribution in [0.4, 0.5) is 17.6 Å². The molecule has 0 aliphatic rings. The van der Waals surface area contributed by atoms with E-state index in [-0.39, 0.29) is 16.8 Å². The molecule has 0 spiro atoms. The van der Waals surface area contributed by atoms with Gasteiger partial charge >= 0.3 is 0 Å². The van der Waals surface area contributed by atoms with E-state index in [4.69, 9.17) is 0 Å². The Morgan fingerprint density at radius 3 is 2.62 bits per heavy atom. The standard InChI is InChI=1S/C6H6F4N2S/c7-4(8)3-12-5(1-2-11-12)13-6(9)10/h1-2,4,6H,3H2. The lowest BCUT2D eigenvalue weighted by atomic mass is 10.7. The second-order valence-corrected chi connectivity index (χ2v) is 3.13. The summed E-state index contributed by atoms with van der Waals surface area (Å²) in [7, 11) is 0. The Balaban J connectivity index is 2.65. The van der Waals surface area contributed by atoms with Crippen LogP contribution >= 0.6 is 11.8 Å². The van der Waals surface area contributed by atoms with Crippen molar-refractivity contribution in [3.63, 3.8) is 0 Å². The lowest BCUT2D eigenvalue weighted by Gasteiger charge is -2.04. The number of thioether (sulfide) groups is 1. The summed E-state index contributed by atoms with van der Waals surface area (Å²) >= 11 is 0.207. The number of halogens is 4. The lowest BCUT2D eigenvalue weighted by Crippen LogP contribution is -2.09. The van der Waals surface area contributed by atoms with Gasteiger partial charge in [-0.25, -0.2) is 8.78 Å². The van der Waals surface area contributed by atoms with E-state index in [1.165, 1.54) is 12.3 Å². The highest BCUT2D eigenvalue weighted by molar-refractivity contribution is 7.99. The SMILES string of the molecule is FC(F)Cn1nccc1SC(F)F. The topological polar surface area (TPSA) is 17.8 Å².